The van der Waals surface area contributed by atoms with Crippen molar-refractivity contribution in [3.05, 3.63) is 52.4 Å². The Morgan fingerprint density at radius 1 is 1.23 bits per heavy atom. The number of primary amides is 1. The van der Waals surface area contributed by atoms with Gasteiger partial charge in [0, 0.05) is 12.0 Å². The molecule has 0 spiro atoms. The Hall–Kier alpha value is -2.18. The molecule has 2 aromatic rings. The number of carbonyl (C=O) groups is 2. The van der Waals surface area contributed by atoms with Gasteiger partial charge in [0.05, 0.1) is 12.1 Å². The van der Waals surface area contributed by atoms with Gasteiger partial charge < -0.3 is 16.0 Å². The van der Waals surface area contributed by atoms with Crippen molar-refractivity contribution < 1.29 is 14.5 Å². The van der Waals surface area contributed by atoms with Gasteiger partial charge >= 0.3 is 0 Å². The summed E-state index contributed by atoms with van der Waals surface area (Å²) in [5.41, 5.74) is 8.34. The highest BCUT2D eigenvalue weighted by atomic mass is 32.1. The predicted octanol–water partition coefficient (Wildman–Crippen LogP) is 0.427. The van der Waals surface area contributed by atoms with Crippen LogP contribution in [-0.4, -0.2) is 24.9 Å². The van der Waals surface area contributed by atoms with Crippen molar-refractivity contribution in [2.45, 2.75) is 13.0 Å². The van der Waals surface area contributed by atoms with E-state index in [0.29, 0.717) is 17.1 Å². The fourth-order valence-corrected chi connectivity index (χ4v) is 3.60. The van der Waals surface area contributed by atoms with Crippen LogP contribution in [-0.2, 0) is 17.8 Å². The molecule has 22 heavy (non-hydrogen) atoms. The molecule has 0 bridgehead atoms. The molecule has 1 aromatic carbocycles. The van der Waals surface area contributed by atoms with E-state index in [1.807, 2.05) is 6.07 Å². The predicted molar refractivity (Wildman–Crippen MR) is 86.0 cm³/mol. The molecule has 4 N–H and O–H groups in total. The van der Waals surface area contributed by atoms with Crippen LogP contribution in [0.25, 0.3) is 0 Å². The summed E-state index contributed by atoms with van der Waals surface area (Å²) in [5.74, 6) is -0.602. The largest absolute Gasteiger partial charge is 0.366 e. The van der Waals surface area contributed by atoms with Gasteiger partial charge in [0.25, 0.3) is 11.8 Å². The van der Waals surface area contributed by atoms with Gasteiger partial charge in [-0.25, -0.2) is 0 Å². The first kappa shape index (κ1) is 14.7. The molecule has 1 aliphatic rings. The van der Waals surface area contributed by atoms with Gasteiger partial charge in [-0.1, -0.05) is 24.3 Å². The number of rotatable bonds is 4. The molecule has 6 heteroatoms. The summed E-state index contributed by atoms with van der Waals surface area (Å²) in [4.78, 5) is 24.7. The van der Waals surface area contributed by atoms with Crippen molar-refractivity contribution in [1.82, 2.24) is 0 Å². The average molecular weight is 316 g/mol. The van der Waals surface area contributed by atoms with Gasteiger partial charge in [-0.2, -0.15) is 0 Å². The number of amides is 2. The Balaban J connectivity index is 1.61. The zero-order valence-electron chi connectivity index (χ0n) is 12.1. The van der Waals surface area contributed by atoms with Crippen LogP contribution in [0.4, 0.5) is 5.00 Å². The number of fused-ring (bicyclic) bond motifs is 1. The number of quaternary nitrogens is 1. The second kappa shape index (κ2) is 6.29. The van der Waals surface area contributed by atoms with Crippen LogP contribution < -0.4 is 16.0 Å². The van der Waals surface area contributed by atoms with Crippen LogP contribution in [0.1, 0.15) is 21.5 Å². The number of hydrogen-bond donors (Lipinski definition) is 3. The maximum atomic E-state index is 12.2. The van der Waals surface area contributed by atoms with Gasteiger partial charge in [0.1, 0.15) is 11.5 Å². The lowest BCUT2D eigenvalue weighted by Gasteiger charge is -2.25. The highest BCUT2D eigenvalue weighted by molar-refractivity contribution is 7.14. The summed E-state index contributed by atoms with van der Waals surface area (Å²) in [7, 11) is 0. The Bertz CT molecular complexity index is 711. The first-order valence-electron chi connectivity index (χ1n) is 7.21. The van der Waals surface area contributed by atoms with Crippen LogP contribution in [0, 0.1) is 0 Å². The van der Waals surface area contributed by atoms with Gasteiger partial charge in [-0.05, 0) is 17.0 Å². The number of hydrogen-bond acceptors (Lipinski definition) is 3. The van der Waals surface area contributed by atoms with Crippen molar-refractivity contribution >= 4 is 28.2 Å². The van der Waals surface area contributed by atoms with Crippen LogP contribution in [0.5, 0.6) is 0 Å². The normalized spacial score (nSPS) is 16.8. The quantitative estimate of drug-likeness (QED) is 0.765. The molecule has 114 valence electrons. The van der Waals surface area contributed by atoms with Crippen molar-refractivity contribution in [2.75, 3.05) is 18.4 Å². The van der Waals surface area contributed by atoms with Gasteiger partial charge in [0.15, 0.2) is 6.54 Å². The molecule has 1 aliphatic heterocycles. The van der Waals surface area contributed by atoms with E-state index in [-0.39, 0.29) is 5.91 Å². The first-order valence-corrected chi connectivity index (χ1v) is 8.09. The molecule has 0 saturated carbocycles. The van der Waals surface area contributed by atoms with Crippen molar-refractivity contribution in [2.24, 2.45) is 5.73 Å². The summed E-state index contributed by atoms with van der Waals surface area (Å²) in [5, 5.41) is 5.09. The topological polar surface area (TPSA) is 76.6 Å². The van der Waals surface area contributed by atoms with Crippen LogP contribution in [0.15, 0.2) is 35.7 Å². The van der Waals surface area contributed by atoms with Crippen molar-refractivity contribution in [1.29, 1.82) is 0 Å². The molecular formula is C16H18N3O2S+. The lowest BCUT2D eigenvalue weighted by atomic mass is 10.00. The Labute approximate surface area is 132 Å². The number of benzene rings is 1. The fraction of sp³-hybridized carbons (Fsp3) is 0.250. The molecule has 2 heterocycles. The SMILES string of the molecule is NC(=O)c1ccsc1NC(=O)C[NH+]1CCc2ccccc2C1. The molecule has 1 aromatic heterocycles. The summed E-state index contributed by atoms with van der Waals surface area (Å²) >= 11 is 1.31. The van der Waals surface area contributed by atoms with E-state index in [2.05, 4.69) is 23.5 Å². The number of carbonyl (C=O) groups excluding carboxylic acids is 2. The second-order valence-corrected chi connectivity index (χ2v) is 6.36. The van der Waals surface area contributed by atoms with E-state index in [4.69, 9.17) is 5.73 Å². The van der Waals surface area contributed by atoms with Crippen molar-refractivity contribution in [3.63, 3.8) is 0 Å². The maximum Gasteiger partial charge on any atom is 0.280 e. The lowest BCUT2D eigenvalue weighted by molar-refractivity contribution is -0.907. The molecule has 1 unspecified atom stereocenters. The maximum absolute atomic E-state index is 12.2. The molecule has 0 fully saturated rings. The minimum absolute atomic E-state index is 0.0840. The molecular weight excluding hydrogens is 298 g/mol. The Morgan fingerprint density at radius 2 is 2.00 bits per heavy atom. The number of nitrogens with two attached hydrogens (primary N) is 1. The summed E-state index contributed by atoms with van der Waals surface area (Å²) in [6.07, 6.45) is 0.990. The number of anilines is 1. The van der Waals surface area contributed by atoms with Crippen molar-refractivity contribution in [3.8, 4) is 0 Å². The minimum Gasteiger partial charge on any atom is -0.366 e. The first-order chi connectivity index (χ1) is 10.6. The van der Waals surface area contributed by atoms with Gasteiger partial charge in [-0.15, -0.1) is 11.3 Å². The number of nitrogens with one attached hydrogen (secondary N) is 2. The fourth-order valence-electron chi connectivity index (χ4n) is 2.79. The average Bonchev–Trinajstić information content (AvgIpc) is 2.95. The van der Waals surface area contributed by atoms with Gasteiger partial charge in [-0.3, -0.25) is 9.59 Å². The molecule has 1 atom stereocenters. The minimum atomic E-state index is -0.518. The molecule has 0 saturated heterocycles. The Morgan fingerprint density at radius 3 is 2.77 bits per heavy atom. The standard InChI is InChI=1S/C16H17N3O2S/c17-15(21)13-6-8-22-16(13)18-14(20)10-19-7-5-11-3-1-2-4-12(11)9-19/h1-4,6,8H,5,7,9-10H2,(H2,17,21)(H,18,20)/p+1. The smallest absolute Gasteiger partial charge is 0.280 e. The lowest BCUT2D eigenvalue weighted by Crippen LogP contribution is -3.12. The molecule has 3 rings (SSSR count). The summed E-state index contributed by atoms with van der Waals surface area (Å²) in [6.45, 7) is 2.19. The third-order valence-corrected chi connectivity index (χ3v) is 4.73. The molecule has 5 nitrogen and oxygen atoms in total. The highest BCUT2D eigenvalue weighted by Crippen LogP contribution is 2.22. The van der Waals surface area contributed by atoms with Crippen LogP contribution >= 0.6 is 11.3 Å². The molecule has 0 aliphatic carbocycles. The second-order valence-electron chi connectivity index (χ2n) is 5.45. The zero-order chi connectivity index (χ0) is 15.5. The molecule has 2 amide bonds. The van der Waals surface area contributed by atoms with E-state index < -0.39 is 5.91 Å². The van der Waals surface area contributed by atoms with E-state index in [9.17, 15) is 9.59 Å². The van der Waals surface area contributed by atoms with Crippen LogP contribution in [0.2, 0.25) is 0 Å². The number of thiophene rings is 1. The summed E-state index contributed by atoms with van der Waals surface area (Å²) in [6, 6.07) is 9.99. The van der Waals surface area contributed by atoms with E-state index in [0.717, 1.165) is 19.5 Å². The van der Waals surface area contributed by atoms with E-state index >= 15 is 0 Å². The molecule has 0 radical (unpaired) electrons. The third kappa shape index (κ3) is 3.18. The highest BCUT2D eigenvalue weighted by Gasteiger charge is 2.22. The van der Waals surface area contributed by atoms with Crippen LogP contribution in [0.3, 0.4) is 0 Å². The zero-order valence-corrected chi connectivity index (χ0v) is 12.9. The van der Waals surface area contributed by atoms with Gasteiger partial charge in [0.2, 0.25) is 0 Å². The Kier molecular flexibility index (Phi) is 4.22. The van der Waals surface area contributed by atoms with E-state index in [1.165, 1.54) is 27.4 Å². The summed E-state index contributed by atoms with van der Waals surface area (Å²) < 4.78 is 0. The van der Waals surface area contributed by atoms with E-state index in [1.54, 1.807) is 11.4 Å². The monoisotopic (exact) mass is 316 g/mol. The third-order valence-electron chi connectivity index (χ3n) is 3.90.